The lowest BCUT2D eigenvalue weighted by Crippen LogP contribution is -2.37. The monoisotopic (exact) mass is 324 g/mol. The Kier molecular flexibility index (Phi) is 8.74. The van der Waals surface area contributed by atoms with Gasteiger partial charge in [0.2, 0.25) is 0 Å². The summed E-state index contributed by atoms with van der Waals surface area (Å²) in [6, 6.07) is 0. The molecule has 4 unspecified atom stereocenters. The summed E-state index contributed by atoms with van der Waals surface area (Å²) in [4.78, 5) is 0. The molecule has 22 heavy (non-hydrogen) atoms. The fourth-order valence-electron chi connectivity index (χ4n) is 4.22. The van der Waals surface area contributed by atoms with E-state index in [9.17, 15) is 0 Å². The van der Waals surface area contributed by atoms with Crippen LogP contribution in [0.5, 0.6) is 0 Å². The van der Waals surface area contributed by atoms with E-state index in [0.29, 0.717) is 27.7 Å². The zero-order chi connectivity index (χ0) is 17.8. The lowest BCUT2D eigenvalue weighted by Gasteiger charge is -2.45. The molecule has 0 spiro atoms. The third kappa shape index (κ3) is 6.55. The van der Waals surface area contributed by atoms with E-state index in [4.69, 9.17) is 7.85 Å². The Morgan fingerprint density at radius 3 is 1.82 bits per heavy atom. The number of hydrogen-bond acceptors (Lipinski definition) is 0. The van der Waals surface area contributed by atoms with E-state index in [2.05, 4.69) is 69.0 Å². The average Bonchev–Trinajstić information content (AvgIpc) is 2.35. The van der Waals surface area contributed by atoms with E-state index in [1.807, 2.05) is 0 Å². The standard InChI is InChI=1S/C20H42BP/c1-11-15(3)20(8,9)17(22-10)16(21)13-19(6,7)14-18(4,5)12-2/h15-17,22H,11-14H2,1-10H3. The van der Waals surface area contributed by atoms with Crippen LogP contribution in [0, 0.1) is 22.2 Å². The first kappa shape index (κ1) is 22.5. The molecule has 0 aromatic carbocycles. The molecule has 0 saturated heterocycles. The summed E-state index contributed by atoms with van der Waals surface area (Å²) in [5, 5.41) is 0. The van der Waals surface area contributed by atoms with E-state index < -0.39 is 0 Å². The van der Waals surface area contributed by atoms with Crippen LogP contribution in [0.3, 0.4) is 0 Å². The molecule has 0 fully saturated rings. The minimum absolute atomic E-state index is 0.315. The first-order valence-electron chi connectivity index (χ1n) is 9.25. The highest BCUT2D eigenvalue weighted by Crippen LogP contribution is 2.50. The molecule has 0 bridgehead atoms. The largest absolute Gasteiger partial charge is 0.122 e. The lowest BCUT2D eigenvalue weighted by atomic mass is 9.61. The first-order valence-corrected chi connectivity index (χ1v) is 10.8. The summed E-state index contributed by atoms with van der Waals surface area (Å²) in [7, 11) is 7.69. The van der Waals surface area contributed by atoms with Gasteiger partial charge in [-0.25, -0.2) is 0 Å². The van der Waals surface area contributed by atoms with Crippen molar-refractivity contribution in [3.8, 4) is 0 Å². The van der Waals surface area contributed by atoms with Crippen molar-refractivity contribution in [3.63, 3.8) is 0 Å². The molecule has 4 atom stereocenters. The minimum Gasteiger partial charge on any atom is -0.122 e. The van der Waals surface area contributed by atoms with E-state index in [1.54, 1.807) is 0 Å². The molecule has 0 saturated carbocycles. The molecule has 0 aliphatic heterocycles. The number of hydrogen-bond donors (Lipinski definition) is 0. The molecule has 130 valence electrons. The third-order valence-electron chi connectivity index (χ3n) is 6.13. The SMILES string of the molecule is [B]C(CC(C)(C)CC(C)(C)CC)C(PC)C(C)(C)C(C)CC. The Balaban J connectivity index is 5.03. The summed E-state index contributed by atoms with van der Waals surface area (Å²) < 4.78 is 0. The predicted molar refractivity (Wildman–Crippen MR) is 108 cm³/mol. The third-order valence-corrected chi connectivity index (χ3v) is 7.92. The predicted octanol–water partition coefficient (Wildman–Crippen LogP) is 6.94. The highest BCUT2D eigenvalue weighted by Gasteiger charge is 2.38. The van der Waals surface area contributed by atoms with Gasteiger partial charge in [-0.3, -0.25) is 0 Å². The molecule has 0 aromatic rings. The Bertz CT molecular complexity index is 320. The molecule has 0 rings (SSSR count). The van der Waals surface area contributed by atoms with Crippen LogP contribution in [0.1, 0.15) is 88.0 Å². The molecule has 0 aromatic heterocycles. The fourth-order valence-corrected chi connectivity index (χ4v) is 5.79. The Labute approximate surface area is 145 Å². The van der Waals surface area contributed by atoms with Crippen molar-refractivity contribution in [1.29, 1.82) is 0 Å². The summed E-state index contributed by atoms with van der Waals surface area (Å²) in [5.41, 5.74) is 1.70. The smallest absolute Gasteiger partial charge is 0.0708 e. The average molecular weight is 324 g/mol. The maximum atomic E-state index is 6.76. The van der Waals surface area contributed by atoms with E-state index in [0.717, 1.165) is 20.9 Å². The fraction of sp³-hybridized carbons (Fsp3) is 1.00. The summed E-state index contributed by atoms with van der Waals surface area (Å²) >= 11 is 0. The van der Waals surface area contributed by atoms with E-state index >= 15 is 0 Å². The van der Waals surface area contributed by atoms with Crippen molar-refractivity contribution in [2.24, 2.45) is 22.2 Å². The normalized spacial score (nSPS) is 18.6. The molecule has 0 N–H and O–H groups in total. The van der Waals surface area contributed by atoms with E-state index in [1.165, 1.54) is 19.3 Å². The van der Waals surface area contributed by atoms with Gasteiger partial charge >= 0.3 is 0 Å². The van der Waals surface area contributed by atoms with Crippen molar-refractivity contribution in [3.05, 3.63) is 0 Å². The van der Waals surface area contributed by atoms with Gasteiger partial charge in [-0.1, -0.05) is 87.4 Å². The second-order valence-electron chi connectivity index (χ2n) is 9.62. The van der Waals surface area contributed by atoms with Gasteiger partial charge in [0.15, 0.2) is 0 Å². The van der Waals surface area contributed by atoms with Crippen LogP contribution in [-0.4, -0.2) is 20.2 Å². The molecule has 0 heterocycles. The van der Waals surface area contributed by atoms with Crippen molar-refractivity contribution in [2.75, 3.05) is 6.66 Å². The molecule has 2 radical (unpaired) electrons. The molecule has 0 aliphatic rings. The van der Waals surface area contributed by atoms with Crippen LogP contribution in [0.15, 0.2) is 0 Å². The molecule has 2 heteroatoms. The van der Waals surface area contributed by atoms with Crippen molar-refractivity contribution in [1.82, 2.24) is 0 Å². The summed E-state index contributed by atoms with van der Waals surface area (Å²) in [6.07, 6.45) is 4.88. The maximum absolute atomic E-state index is 6.76. The zero-order valence-electron chi connectivity index (χ0n) is 17.1. The van der Waals surface area contributed by atoms with Gasteiger partial charge in [0.25, 0.3) is 0 Å². The van der Waals surface area contributed by atoms with Crippen molar-refractivity contribution >= 4 is 16.4 Å². The lowest BCUT2D eigenvalue weighted by molar-refractivity contribution is 0.155. The molecular formula is C20H42BP. The van der Waals surface area contributed by atoms with Crippen molar-refractivity contribution < 1.29 is 0 Å². The van der Waals surface area contributed by atoms with Gasteiger partial charge in [0.1, 0.15) is 0 Å². The van der Waals surface area contributed by atoms with Crippen molar-refractivity contribution in [2.45, 2.75) is 99.5 Å². The van der Waals surface area contributed by atoms with E-state index in [-0.39, 0.29) is 0 Å². The van der Waals surface area contributed by atoms with Crippen LogP contribution in [0.25, 0.3) is 0 Å². The molecule has 0 aliphatic carbocycles. The highest BCUT2D eigenvalue weighted by molar-refractivity contribution is 7.38. The zero-order valence-corrected chi connectivity index (χ0v) is 18.1. The van der Waals surface area contributed by atoms with Gasteiger partial charge in [-0.15, -0.1) is 8.58 Å². The molecule has 0 nitrogen and oxygen atoms in total. The quantitative estimate of drug-likeness (QED) is 0.302. The first-order chi connectivity index (χ1) is 9.83. The Hall–Kier alpha value is 0.495. The van der Waals surface area contributed by atoms with Crippen LogP contribution in [0.4, 0.5) is 0 Å². The maximum Gasteiger partial charge on any atom is 0.0708 e. The minimum atomic E-state index is 0.315. The second kappa shape index (κ2) is 8.55. The second-order valence-corrected chi connectivity index (χ2v) is 10.8. The Morgan fingerprint density at radius 2 is 1.45 bits per heavy atom. The highest BCUT2D eigenvalue weighted by atomic mass is 31.1. The van der Waals surface area contributed by atoms with Crippen LogP contribution >= 0.6 is 8.58 Å². The molecular weight excluding hydrogens is 282 g/mol. The topological polar surface area (TPSA) is 0 Å². The number of rotatable bonds is 10. The van der Waals surface area contributed by atoms with Gasteiger partial charge in [0.05, 0.1) is 7.85 Å². The van der Waals surface area contributed by atoms with Crippen LogP contribution in [0.2, 0.25) is 5.82 Å². The van der Waals surface area contributed by atoms with Crippen LogP contribution in [-0.2, 0) is 0 Å². The van der Waals surface area contributed by atoms with Gasteiger partial charge < -0.3 is 0 Å². The van der Waals surface area contributed by atoms with Gasteiger partial charge in [-0.2, -0.15) is 0 Å². The van der Waals surface area contributed by atoms with Gasteiger partial charge in [0, 0.05) is 0 Å². The summed E-state index contributed by atoms with van der Waals surface area (Å²) in [6.45, 7) is 23.8. The van der Waals surface area contributed by atoms with Crippen LogP contribution < -0.4 is 0 Å². The molecule has 0 amide bonds. The Morgan fingerprint density at radius 1 is 0.955 bits per heavy atom. The van der Waals surface area contributed by atoms with Gasteiger partial charge in [-0.05, 0) is 40.9 Å². The summed E-state index contributed by atoms with van der Waals surface area (Å²) in [5.74, 6) is 1.04.